The lowest BCUT2D eigenvalue weighted by atomic mass is 10.3. The summed E-state index contributed by atoms with van der Waals surface area (Å²) in [6, 6.07) is 4.33. The van der Waals surface area contributed by atoms with E-state index < -0.39 is 10.0 Å². The lowest BCUT2D eigenvalue weighted by molar-refractivity contribution is 0.178. The summed E-state index contributed by atoms with van der Waals surface area (Å²) in [5.41, 5.74) is 5.75. The molecule has 1 aliphatic heterocycles. The number of anilines is 2. The van der Waals surface area contributed by atoms with Crippen LogP contribution in [0.4, 0.5) is 11.9 Å². The van der Waals surface area contributed by atoms with Gasteiger partial charge in [-0.25, -0.2) is 8.42 Å². The van der Waals surface area contributed by atoms with Gasteiger partial charge in [0.05, 0.1) is 21.5 Å². The van der Waals surface area contributed by atoms with Crippen molar-refractivity contribution in [3.63, 3.8) is 0 Å². The average molecular weight is 446 g/mol. The molecular formula is C16H21Cl2N7O2S. The number of halogens is 2. The van der Waals surface area contributed by atoms with Crippen molar-refractivity contribution in [1.29, 1.82) is 0 Å². The Morgan fingerprint density at radius 3 is 2.36 bits per heavy atom. The Morgan fingerprint density at radius 1 is 1.07 bits per heavy atom. The van der Waals surface area contributed by atoms with Gasteiger partial charge >= 0.3 is 0 Å². The van der Waals surface area contributed by atoms with E-state index in [4.69, 9.17) is 28.9 Å². The fourth-order valence-electron chi connectivity index (χ4n) is 2.81. The summed E-state index contributed by atoms with van der Waals surface area (Å²) in [4.78, 5) is 16.6. The first-order chi connectivity index (χ1) is 13.2. The van der Waals surface area contributed by atoms with Gasteiger partial charge in [0.15, 0.2) is 0 Å². The number of nitrogens with two attached hydrogens (primary N) is 1. The van der Waals surface area contributed by atoms with Crippen molar-refractivity contribution >= 4 is 45.1 Å². The molecule has 2 aromatic rings. The van der Waals surface area contributed by atoms with Crippen molar-refractivity contribution in [2.24, 2.45) is 0 Å². The minimum Gasteiger partial charge on any atom is -0.368 e. The van der Waals surface area contributed by atoms with Crippen LogP contribution in [0.3, 0.4) is 0 Å². The van der Waals surface area contributed by atoms with Crippen LogP contribution in [0.5, 0.6) is 0 Å². The first-order valence-corrected chi connectivity index (χ1v) is 10.7. The van der Waals surface area contributed by atoms with Crippen molar-refractivity contribution in [2.75, 3.05) is 50.9 Å². The standard InChI is InChI=1S/C16H21Cl2N7O2S/c1-23(2)16-21-14(20-15(19)22-16)10-24-5-7-25(8-6-24)28(26,27)11-3-4-12(17)13(18)9-11/h3-4,9H,5-8,10H2,1-2H3,(H2,19,20,21,22). The van der Waals surface area contributed by atoms with Crippen LogP contribution in [-0.4, -0.2) is 72.8 Å². The summed E-state index contributed by atoms with van der Waals surface area (Å²) in [6.45, 7) is 2.26. The molecule has 1 aromatic heterocycles. The monoisotopic (exact) mass is 445 g/mol. The molecule has 0 spiro atoms. The SMILES string of the molecule is CN(C)c1nc(N)nc(CN2CCN(S(=O)(=O)c3ccc(Cl)c(Cl)c3)CC2)n1. The van der Waals surface area contributed by atoms with Crippen LogP contribution in [0.2, 0.25) is 10.0 Å². The van der Waals surface area contributed by atoms with Gasteiger partial charge in [-0.05, 0) is 18.2 Å². The highest BCUT2D eigenvalue weighted by Crippen LogP contribution is 2.27. The minimum atomic E-state index is -3.63. The fourth-order valence-corrected chi connectivity index (χ4v) is 4.62. The van der Waals surface area contributed by atoms with Crippen LogP contribution in [-0.2, 0) is 16.6 Å². The molecule has 0 atom stereocenters. The second-order valence-electron chi connectivity index (χ2n) is 6.56. The van der Waals surface area contributed by atoms with E-state index in [0.717, 1.165) is 0 Å². The molecule has 1 aliphatic rings. The Balaban J connectivity index is 1.66. The predicted molar refractivity (Wildman–Crippen MR) is 109 cm³/mol. The van der Waals surface area contributed by atoms with Crippen molar-refractivity contribution in [2.45, 2.75) is 11.4 Å². The van der Waals surface area contributed by atoms with Gasteiger partial charge in [-0.15, -0.1) is 0 Å². The van der Waals surface area contributed by atoms with Gasteiger partial charge in [0, 0.05) is 40.3 Å². The first kappa shape index (κ1) is 21.0. The highest BCUT2D eigenvalue weighted by atomic mass is 35.5. The molecular weight excluding hydrogens is 425 g/mol. The third-order valence-electron chi connectivity index (χ3n) is 4.31. The van der Waals surface area contributed by atoms with E-state index in [1.54, 1.807) is 4.90 Å². The molecule has 0 amide bonds. The van der Waals surface area contributed by atoms with Gasteiger partial charge in [0.1, 0.15) is 5.82 Å². The average Bonchev–Trinajstić information content (AvgIpc) is 2.64. The highest BCUT2D eigenvalue weighted by Gasteiger charge is 2.29. The van der Waals surface area contributed by atoms with E-state index in [2.05, 4.69) is 19.9 Å². The van der Waals surface area contributed by atoms with Gasteiger partial charge < -0.3 is 10.6 Å². The molecule has 0 saturated carbocycles. The molecule has 1 fully saturated rings. The number of sulfonamides is 1. The van der Waals surface area contributed by atoms with Gasteiger partial charge in [-0.1, -0.05) is 23.2 Å². The quantitative estimate of drug-likeness (QED) is 0.733. The minimum absolute atomic E-state index is 0.135. The molecule has 28 heavy (non-hydrogen) atoms. The molecule has 0 bridgehead atoms. The van der Waals surface area contributed by atoms with E-state index in [9.17, 15) is 8.42 Å². The van der Waals surface area contributed by atoms with E-state index in [1.807, 2.05) is 14.1 Å². The van der Waals surface area contributed by atoms with Gasteiger partial charge in [0.25, 0.3) is 0 Å². The lowest BCUT2D eigenvalue weighted by Crippen LogP contribution is -2.48. The van der Waals surface area contributed by atoms with Crippen molar-refractivity contribution in [1.82, 2.24) is 24.2 Å². The second-order valence-corrected chi connectivity index (χ2v) is 9.31. The molecule has 1 aromatic carbocycles. The van der Waals surface area contributed by atoms with E-state index in [0.29, 0.717) is 49.5 Å². The Labute approximate surface area is 174 Å². The maximum absolute atomic E-state index is 12.8. The van der Waals surface area contributed by atoms with Gasteiger partial charge in [0.2, 0.25) is 21.9 Å². The molecule has 1 saturated heterocycles. The fraction of sp³-hybridized carbons (Fsp3) is 0.438. The Bertz CT molecular complexity index is 963. The van der Waals surface area contributed by atoms with Crippen LogP contribution >= 0.6 is 23.2 Å². The highest BCUT2D eigenvalue weighted by molar-refractivity contribution is 7.89. The number of benzene rings is 1. The summed E-state index contributed by atoms with van der Waals surface area (Å²) in [6.07, 6.45) is 0. The largest absolute Gasteiger partial charge is 0.368 e. The molecule has 0 aliphatic carbocycles. The van der Waals surface area contributed by atoms with Crippen LogP contribution in [0.1, 0.15) is 5.82 Å². The number of aromatic nitrogens is 3. The van der Waals surface area contributed by atoms with Crippen molar-refractivity contribution in [3.8, 4) is 0 Å². The Morgan fingerprint density at radius 2 is 1.75 bits per heavy atom. The number of piperazine rings is 1. The first-order valence-electron chi connectivity index (χ1n) is 8.52. The van der Waals surface area contributed by atoms with Crippen LogP contribution in [0.25, 0.3) is 0 Å². The van der Waals surface area contributed by atoms with Crippen molar-refractivity contribution in [3.05, 3.63) is 34.1 Å². The van der Waals surface area contributed by atoms with E-state index >= 15 is 0 Å². The predicted octanol–water partition coefficient (Wildman–Crippen LogP) is 1.33. The smallest absolute Gasteiger partial charge is 0.243 e. The van der Waals surface area contributed by atoms with Crippen LogP contribution < -0.4 is 10.6 Å². The maximum atomic E-state index is 12.8. The summed E-state index contributed by atoms with van der Waals surface area (Å²) in [5, 5.41) is 0.532. The summed E-state index contributed by atoms with van der Waals surface area (Å²) >= 11 is 11.8. The number of rotatable bonds is 5. The molecule has 2 N–H and O–H groups in total. The summed E-state index contributed by atoms with van der Waals surface area (Å²) < 4.78 is 27.1. The number of hydrogen-bond donors (Lipinski definition) is 1. The topological polar surface area (TPSA) is 109 Å². The van der Waals surface area contributed by atoms with E-state index in [-0.39, 0.29) is 15.9 Å². The molecule has 12 heteroatoms. The van der Waals surface area contributed by atoms with Gasteiger partial charge in [-0.3, -0.25) is 4.90 Å². The molecule has 0 radical (unpaired) electrons. The molecule has 9 nitrogen and oxygen atoms in total. The Hall–Kier alpha value is -1.72. The van der Waals surface area contributed by atoms with Gasteiger partial charge in [-0.2, -0.15) is 19.3 Å². The molecule has 2 heterocycles. The maximum Gasteiger partial charge on any atom is 0.243 e. The Kier molecular flexibility index (Phi) is 6.25. The summed E-state index contributed by atoms with van der Waals surface area (Å²) in [7, 11) is 0.0226. The molecule has 3 rings (SSSR count). The lowest BCUT2D eigenvalue weighted by Gasteiger charge is -2.33. The zero-order chi connectivity index (χ0) is 20.5. The van der Waals surface area contributed by atoms with Crippen LogP contribution in [0, 0.1) is 0 Å². The normalized spacial score (nSPS) is 16.3. The second kappa shape index (κ2) is 8.34. The van der Waals surface area contributed by atoms with E-state index in [1.165, 1.54) is 22.5 Å². The summed E-state index contributed by atoms with van der Waals surface area (Å²) in [5.74, 6) is 1.20. The molecule has 0 unspecified atom stereocenters. The number of nitrogen functional groups attached to an aromatic ring is 1. The zero-order valence-electron chi connectivity index (χ0n) is 15.5. The zero-order valence-corrected chi connectivity index (χ0v) is 17.8. The van der Waals surface area contributed by atoms with Crippen molar-refractivity contribution < 1.29 is 8.42 Å². The molecule has 152 valence electrons. The number of nitrogens with zero attached hydrogens (tertiary/aromatic N) is 6. The van der Waals surface area contributed by atoms with Crippen LogP contribution in [0.15, 0.2) is 23.1 Å². The third kappa shape index (κ3) is 4.64. The third-order valence-corrected chi connectivity index (χ3v) is 6.95. The number of hydrogen-bond acceptors (Lipinski definition) is 8.